The van der Waals surface area contributed by atoms with Gasteiger partial charge in [0.2, 0.25) is 0 Å². The molecule has 1 saturated heterocycles. The van der Waals surface area contributed by atoms with Crippen molar-refractivity contribution in [2.75, 3.05) is 19.6 Å². The number of nitrogens with one attached hydrogen (secondary N) is 1. The van der Waals surface area contributed by atoms with Crippen LogP contribution in [0.25, 0.3) is 0 Å². The van der Waals surface area contributed by atoms with Gasteiger partial charge in [0.1, 0.15) is 0 Å². The third-order valence-corrected chi connectivity index (χ3v) is 4.11. The number of piperazine rings is 1. The Morgan fingerprint density at radius 3 is 3.20 bits per heavy atom. The first-order chi connectivity index (χ1) is 7.42. The van der Waals surface area contributed by atoms with Crippen LogP contribution in [0.1, 0.15) is 17.7 Å². The summed E-state index contributed by atoms with van der Waals surface area (Å²) >= 11 is 1.77. The maximum Gasteiger partial charge on any atom is 0.0794 e. The van der Waals surface area contributed by atoms with Crippen molar-refractivity contribution in [3.8, 4) is 0 Å². The number of hydrogen-bond acceptors (Lipinski definition) is 4. The van der Waals surface area contributed by atoms with E-state index in [2.05, 4.69) is 15.2 Å². The quantitative estimate of drug-likeness (QED) is 0.838. The Morgan fingerprint density at radius 1 is 1.53 bits per heavy atom. The highest BCUT2D eigenvalue weighted by Crippen LogP contribution is 2.33. The van der Waals surface area contributed by atoms with Gasteiger partial charge in [-0.2, -0.15) is 0 Å². The van der Waals surface area contributed by atoms with Gasteiger partial charge < -0.3 is 5.32 Å². The van der Waals surface area contributed by atoms with Crippen LogP contribution in [0.15, 0.2) is 11.7 Å². The van der Waals surface area contributed by atoms with Crippen LogP contribution in [0.3, 0.4) is 0 Å². The molecule has 1 saturated carbocycles. The van der Waals surface area contributed by atoms with Crippen LogP contribution in [-0.2, 0) is 6.54 Å². The molecule has 15 heavy (non-hydrogen) atoms. The molecule has 0 amide bonds. The van der Waals surface area contributed by atoms with Gasteiger partial charge in [0.05, 0.1) is 5.51 Å². The largest absolute Gasteiger partial charge is 0.311 e. The maximum absolute atomic E-state index is 4.13. The molecule has 1 aliphatic carbocycles. The van der Waals surface area contributed by atoms with Gasteiger partial charge in [0.15, 0.2) is 0 Å². The average Bonchev–Trinajstić information content (AvgIpc) is 3.00. The Bertz CT molecular complexity index is 308. The minimum atomic E-state index is 0.756. The molecule has 1 atom stereocenters. The molecule has 2 heterocycles. The zero-order valence-electron chi connectivity index (χ0n) is 8.85. The topological polar surface area (TPSA) is 28.2 Å². The van der Waals surface area contributed by atoms with Gasteiger partial charge in [-0.3, -0.25) is 9.88 Å². The molecule has 3 nitrogen and oxygen atoms in total. The van der Waals surface area contributed by atoms with Crippen molar-refractivity contribution in [1.82, 2.24) is 15.2 Å². The summed E-state index contributed by atoms with van der Waals surface area (Å²) in [6.45, 7) is 4.65. The monoisotopic (exact) mass is 223 g/mol. The molecule has 3 rings (SSSR count). The average molecular weight is 223 g/mol. The van der Waals surface area contributed by atoms with Crippen molar-refractivity contribution >= 4 is 11.3 Å². The van der Waals surface area contributed by atoms with E-state index in [0.717, 1.165) is 25.0 Å². The van der Waals surface area contributed by atoms with Crippen molar-refractivity contribution < 1.29 is 0 Å². The van der Waals surface area contributed by atoms with Gasteiger partial charge in [-0.15, -0.1) is 11.3 Å². The molecule has 1 aromatic rings. The molecule has 4 heteroatoms. The molecule has 82 valence electrons. The summed E-state index contributed by atoms with van der Waals surface area (Å²) in [5, 5.41) is 3.64. The molecule has 1 N–H and O–H groups in total. The van der Waals surface area contributed by atoms with E-state index in [1.807, 2.05) is 11.7 Å². The summed E-state index contributed by atoms with van der Waals surface area (Å²) in [7, 11) is 0. The smallest absolute Gasteiger partial charge is 0.0794 e. The normalized spacial score (nSPS) is 28.1. The van der Waals surface area contributed by atoms with Crippen molar-refractivity contribution in [2.24, 2.45) is 5.92 Å². The van der Waals surface area contributed by atoms with E-state index in [9.17, 15) is 0 Å². The molecular formula is C11H17N3S. The van der Waals surface area contributed by atoms with Crippen molar-refractivity contribution in [3.63, 3.8) is 0 Å². The summed E-state index contributed by atoms with van der Waals surface area (Å²) in [6, 6.07) is 0.756. The molecule has 0 spiro atoms. The van der Waals surface area contributed by atoms with E-state index < -0.39 is 0 Å². The van der Waals surface area contributed by atoms with Crippen LogP contribution in [0.4, 0.5) is 0 Å². The first-order valence-electron chi connectivity index (χ1n) is 5.75. The SMILES string of the molecule is c1ncc(CN2CCNC(C3CC3)C2)s1. The highest BCUT2D eigenvalue weighted by atomic mass is 32.1. The van der Waals surface area contributed by atoms with E-state index in [4.69, 9.17) is 0 Å². The van der Waals surface area contributed by atoms with E-state index in [1.165, 1.54) is 30.8 Å². The fourth-order valence-electron chi connectivity index (χ4n) is 2.34. The second kappa shape index (κ2) is 4.20. The zero-order valence-corrected chi connectivity index (χ0v) is 9.67. The maximum atomic E-state index is 4.13. The van der Waals surface area contributed by atoms with Gasteiger partial charge in [-0.05, 0) is 18.8 Å². The van der Waals surface area contributed by atoms with E-state index in [-0.39, 0.29) is 0 Å². The zero-order chi connectivity index (χ0) is 10.1. The van der Waals surface area contributed by atoms with E-state index >= 15 is 0 Å². The summed E-state index contributed by atoms with van der Waals surface area (Å²) in [4.78, 5) is 8.09. The van der Waals surface area contributed by atoms with Crippen LogP contribution in [-0.4, -0.2) is 35.6 Å². The standard InChI is InChI=1S/C11H17N3S/c1-2-9(1)11-7-14(4-3-13-11)6-10-5-12-8-15-10/h5,8-9,11,13H,1-4,6-7H2. The van der Waals surface area contributed by atoms with Gasteiger partial charge in [0, 0.05) is 43.3 Å². The minimum Gasteiger partial charge on any atom is -0.311 e. The minimum absolute atomic E-state index is 0.756. The van der Waals surface area contributed by atoms with Crippen molar-refractivity contribution in [2.45, 2.75) is 25.4 Å². The summed E-state index contributed by atoms with van der Waals surface area (Å²) in [5.74, 6) is 0.967. The number of hydrogen-bond donors (Lipinski definition) is 1. The lowest BCUT2D eigenvalue weighted by Crippen LogP contribution is -2.51. The third kappa shape index (κ3) is 2.38. The number of thiazole rings is 1. The molecule has 1 unspecified atom stereocenters. The lowest BCUT2D eigenvalue weighted by atomic mass is 10.1. The predicted molar refractivity (Wildman–Crippen MR) is 61.9 cm³/mol. The predicted octanol–water partition coefficient (Wildman–Crippen LogP) is 1.33. The first kappa shape index (κ1) is 9.75. The Kier molecular flexibility index (Phi) is 2.73. The lowest BCUT2D eigenvalue weighted by molar-refractivity contribution is 0.183. The fourth-order valence-corrected chi connectivity index (χ4v) is 2.98. The van der Waals surface area contributed by atoms with Gasteiger partial charge >= 0.3 is 0 Å². The molecule has 2 aliphatic rings. The number of aromatic nitrogens is 1. The molecule has 0 radical (unpaired) electrons. The number of rotatable bonds is 3. The van der Waals surface area contributed by atoms with Crippen LogP contribution in [0, 0.1) is 5.92 Å². The highest BCUT2D eigenvalue weighted by molar-refractivity contribution is 7.09. The molecular weight excluding hydrogens is 206 g/mol. The highest BCUT2D eigenvalue weighted by Gasteiger charge is 2.33. The van der Waals surface area contributed by atoms with Gasteiger partial charge in [-0.1, -0.05) is 0 Å². The summed E-state index contributed by atoms with van der Waals surface area (Å²) < 4.78 is 0. The Balaban J connectivity index is 1.56. The van der Waals surface area contributed by atoms with Gasteiger partial charge in [-0.25, -0.2) is 0 Å². The molecule has 1 aliphatic heterocycles. The van der Waals surface area contributed by atoms with E-state index in [1.54, 1.807) is 11.3 Å². The van der Waals surface area contributed by atoms with Crippen LogP contribution in [0.5, 0.6) is 0 Å². The Labute approximate surface area is 94.5 Å². The van der Waals surface area contributed by atoms with E-state index in [0.29, 0.717) is 0 Å². The van der Waals surface area contributed by atoms with Crippen molar-refractivity contribution in [3.05, 3.63) is 16.6 Å². The van der Waals surface area contributed by atoms with Gasteiger partial charge in [0.25, 0.3) is 0 Å². The van der Waals surface area contributed by atoms with Crippen molar-refractivity contribution in [1.29, 1.82) is 0 Å². The molecule has 1 aromatic heterocycles. The fraction of sp³-hybridized carbons (Fsp3) is 0.727. The van der Waals surface area contributed by atoms with Crippen LogP contribution in [0.2, 0.25) is 0 Å². The van der Waals surface area contributed by atoms with Crippen LogP contribution < -0.4 is 5.32 Å². The summed E-state index contributed by atoms with van der Waals surface area (Å²) in [6.07, 6.45) is 4.87. The first-order valence-corrected chi connectivity index (χ1v) is 6.63. The molecule has 0 bridgehead atoms. The Hall–Kier alpha value is -0.450. The second-order valence-electron chi connectivity index (χ2n) is 4.60. The summed E-state index contributed by atoms with van der Waals surface area (Å²) in [5.41, 5.74) is 1.93. The lowest BCUT2D eigenvalue weighted by Gasteiger charge is -2.33. The molecule has 0 aromatic carbocycles. The third-order valence-electron chi connectivity index (χ3n) is 3.34. The second-order valence-corrected chi connectivity index (χ2v) is 5.57. The van der Waals surface area contributed by atoms with Crippen LogP contribution >= 0.6 is 11.3 Å². The number of nitrogens with zero attached hydrogens (tertiary/aromatic N) is 2. The molecule has 2 fully saturated rings. The Morgan fingerprint density at radius 2 is 2.47 bits per heavy atom.